The van der Waals surface area contributed by atoms with Gasteiger partial charge in [-0.15, -0.1) is 0 Å². The number of phenols is 1. The van der Waals surface area contributed by atoms with Crippen molar-refractivity contribution in [3.05, 3.63) is 18.2 Å². The predicted octanol–water partition coefficient (Wildman–Crippen LogP) is 2.62. The summed E-state index contributed by atoms with van der Waals surface area (Å²) in [5.74, 6) is -0.722. The first-order valence-corrected chi connectivity index (χ1v) is 13.2. The van der Waals surface area contributed by atoms with E-state index in [9.17, 15) is 21.9 Å². The fourth-order valence-corrected chi connectivity index (χ4v) is 4.34. The van der Waals surface area contributed by atoms with E-state index < -0.39 is 17.4 Å². The zero-order chi connectivity index (χ0) is 20.4. The Morgan fingerprint density at radius 1 is 1.04 bits per heavy atom. The number of hydrogen-bond donors (Lipinski definition) is 2. The average Bonchev–Trinajstić information content (AvgIpc) is 2.55. The van der Waals surface area contributed by atoms with E-state index >= 15 is 0 Å². The number of nitrogens with one attached hydrogen (secondary N) is 1. The quantitative estimate of drug-likeness (QED) is 0.466. The number of benzene rings is 2. The van der Waals surface area contributed by atoms with Crippen LogP contribution in [0.15, 0.2) is 43.6 Å². The van der Waals surface area contributed by atoms with Crippen molar-refractivity contribution in [2.75, 3.05) is 31.5 Å². The van der Waals surface area contributed by atoms with Gasteiger partial charge in [0.1, 0.15) is 0 Å². The van der Waals surface area contributed by atoms with Gasteiger partial charge >= 0.3 is 167 Å². The molecule has 0 atom stereocenters. The summed E-state index contributed by atoms with van der Waals surface area (Å²) in [6.45, 7) is 0. The molecule has 2 aromatic rings. The van der Waals surface area contributed by atoms with Gasteiger partial charge in [-0.05, 0) is 0 Å². The molecule has 13 heteroatoms. The fourth-order valence-electron chi connectivity index (χ4n) is 2.35. The van der Waals surface area contributed by atoms with Crippen LogP contribution in [-0.4, -0.2) is 48.2 Å². The molecule has 0 aliphatic rings. The number of hydrogen-bond acceptors (Lipinski definition) is 10. The first kappa shape index (κ1) is 21.4. The van der Waals surface area contributed by atoms with Gasteiger partial charge in [0.05, 0.1) is 0 Å². The number of nitrogens with zero attached hydrogens (tertiary/aromatic N) is 4. The maximum atomic E-state index is 12.2. The monoisotopic (exact) mass is 496 g/mol. The van der Waals surface area contributed by atoms with Gasteiger partial charge in [-0.1, -0.05) is 0 Å². The number of anilines is 1. The Morgan fingerprint density at radius 2 is 1.63 bits per heavy atom. The first-order chi connectivity index (χ1) is 12.5. The molecule has 0 unspecified atom stereocenters. The SMILES string of the molecule is C/N=N/c1c([S](=O)(=O)[Mo])cc2c(/N=N/C)c(NCS(C)(=O)=O)ccc2c1O. The standard InChI is InChI=1S/C14H16N5O5S2.Mo/c1-15-18-12-9-6-11(25(21)22)13(19-16-2)14(20)8(9)4-5-10(12)17-7-26(3,23)24;/h4-6,17,20H,7H2,1-3H3;/b18-15+,19-16+;. The molecule has 2 rings (SSSR count). The Morgan fingerprint density at radius 3 is 2.15 bits per heavy atom. The van der Waals surface area contributed by atoms with Gasteiger partial charge in [-0.25, -0.2) is 0 Å². The summed E-state index contributed by atoms with van der Waals surface area (Å²) in [4.78, 5) is -0.226. The van der Waals surface area contributed by atoms with Crippen LogP contribution in [-0.2, 0) is 35.9 Å². The van der Waals surface area contributed by atoms with Crippen LogP contribution >= 0.6 is 0 Å². The molecule has 0 aliphatic heterocycles. The normalized spacial score (nSPS) is 13.0. The summed E-state index contributed by atoms with van der Waals surface area (Å²) in [6, 6.07) is 4.34. The number of aromatic hydroxyl groups is 1. The van der Waals surface area contributed by atoms with E-state index in [1.165, 1.54) is 32.3 Å². The molecule has 2 aromatic carbocycles. The summed E-state index contributed by atoms with van der Waals surface area (Å²) in [7, 11) is -4.29. The topological polar surface area (TPSA) is 150 Å². The molecule has 145 valence electrons. The van der Waals surface area contributed by atoms with E-state index in [4.69, 9.17) is 0 Å². The Balaban J connectivity index is 2.90. The molecule has 27 heavy (non-hydrogen) atoms. The molecule has 0 spiro atoms. The summed E-state index contributed by atoms with van der Waals surface area (Å²) >= 11 is 0.896. The summed E-state index contributed by atoms with van der Waals surface area (Å²) in [6.07, 6.45) is 1.07. The molecule has 0 aromatic heterocycles. The molecule has 2 N–H and O–H groups in total. The van der Waals surface area contributed by atoms with Crippen LogP contribution in [0.1, 0.15) is 0 Å². The second-order valence-electron chi connectivity index (χ2n) is 5.43. The van der Waals surface area contributed by atoms with Crippen molar-refractivity contribution < 1.29 is 40.5 Å². The molecule has 0 saturated carbocycles. The van der Waals surface area contributed by atoms with Crippen LogP contribution in [0.4, 0.5) is 17.1 Å². The third kappa shape index (κ3) is 4.88. The maximum absolute atomic E-state index is 12.2. The fraction of sp³-hybridized carbons (Fsp3) is 0.286. The Bertz CT molecular complexity index is 1160. The molecule has 0 radical (unpaired) electrons. The number of sulfone groups is 1. The molecular weight excluding hydrogens is 478 g/mol. The molecule has 0 fully saturated rings. The summed E-state index contributed by atoms with van der Waals surface area (Å²) in [5, 5.41) is 28.8. The van der Waals surface area contributed by atoms with Crippen molar-refractivity contribution in [2.45, 2.75) is 4.90 Å². The van der Waals surface area contributed by atoms with Crippen molar-refractivity contribution in [1.29, 1.82) is 0 Å². The molecular formula is C14H16MoN5O5S2. The Hall–Kier alpha value is -1.91. The van der Waals surface area contributed by atoms with Gasteiger partial charge in [0.25, 0.3) is 0 Å². The number of phenolic OH excluding ortho intramolecular Hbond substituents is 1. The van der Waals surface area contributed by atoms with Gasteiger partial charge in [-0.3, -0.25) is 0 Å². The van der Waals surface area contributed by atoms with Crippen molar-refractivity contribution in [1.82, 2.24) is 0 Å². The molecule has 0 amide bonds. The van der Waals surface area contributed by atoms with Crippen LogP contribution in [0.5, 0.6) is 5.75 Å². The Kier molecular flexibility index (Phi) is 6.33. The molecule has 10 nitrogen and oxygen atoms in total. The van der Waals surface area contributed by atoms with Gasteiger partial charge in [0.15, 0.2) is 0 Å². The number of fused-ring (bicyclic) bond motifs is 1. The van der Waals surface area contributed by atoms with Crippen LogP contribution in [0.2, 0.25) is 0 Å². The molecule has 0 heterocycles. The van der Waals surface area contributed by atoms with E-state index in [-0.39, 0.29) is 38.7 Å². The van der Waals surface area contributed by atoms with E-state index in [0.29, 0.717) is 5.69 Å². The Labute approximate surface area is 166 Å². The van der Waals surface area contributed by atoms with Crippen LogP contribution in [0.25, 0.3) is 10.8 Å². The van der Waals surface area contributed by atoms with E-state index in [1.54, 1.807) is 0 Å². The van der Waals surface area contributed by atoms with Gasteiger partial charge in [0, 0.05) is 0 Å². The number of rotatable bonds is 6. The van der Waals surface area contributed by atoms with Gasteiger partial charge in [0.2, 0.25) is 0 Å². The summed E-state index contributed by atoms with van der Waals surface area (Å²) in [5.41, 5.74) is 0.342. The minimum absolute atomic E-state index is 0.175. The van der Waals surface area contributed by atoms with E-state index in [0.717, 1.165) is 24.8 Å². The van der Waals surface area contributed by atoms with Crippen LogP contribution < -0.4 is 5.32 Å². The zero-order valence-corrected chi connectivity index (χ0v) is 18.2. The second-order valence-corrected chi connectivity index (χ2v) is 12.2. The predicted molar refractivity (Wildman–Crippen MR) is 97.0 cm³/mol. The third-order valence-corrected chi connectivity index (χ3v) is 6.24. The second kappa shape index (κ2) is 7.99. The minimum atomic E-state index is -3.74. The van der Waals surface area contributed by atoms with Crippen LogP contribution in [0.3, 0.4) is 0 Å². The number of azo groups is 2. The van der Waals surface area contributed by atoms with E-state index in [2.05, 4.69) is 25.8 Å². The molecule has 0 bridgehead atoms. The summed E-state index contributed by atoms with van der Waals surface area (Å²) < 4.78 is 47.2. The van der Waals surface area contributed by atoms with Crippen molar-refractivity contribution >= 4 is 45.2 Å². The van der Waals surface area contributed by atoms with Gasteiger partial charge in [-0.2, -0.15) is 0 Å². The average molecular weight is 494 g/mol. The van der Waals surface area contributed by atoms with Crippen molar-refractivity contribution in [3.8, 4) is 5.75 Å². The van der Waals surface area contributed by atoms with Crippen molar-refractivity contribution in [3.63, 3.8) is 0 Å². The van der Waals surface area contributed by atoms with E-state index in [1.807, 2.05) is 0 Å². The van der Waals surface area contributed by atoms with Crippen molar-refractivity contribution in [2.24, 2.45) is 20.5 Å². The zero-order valence-electron chi connectivity index (χ0n) is 14.5. The molecule has 0 saturated heterocycles. The molecule has 0 aliphatic carbocycles. The third-order valence-electron chi connectivity index (χ3n) is 3.40. The van der Waals surface area contributed by atoms with Gasteiger partial charge < -0.3 is 0 Å². The first-order valence-electron chi connectivity index (χ1n) is 7.29. The van der Waals surface area contributed by atoms with Crippen LogP contribution in [0, 0.1) is 0 Å².